The van der Waals surface area contributed by atoms with Gasteiger partial charge >= 0.3 is 0 Å². The van der Waals surface area contributed by atoms with E-state index in [-0.39, 0.29) is 8.84 Å². The van der Waals surface area contributed by atoms with Crippen LogP contribution in [0.2, 0.25) is 0 Å². The van der Waals surface area contributed by atoms with Crippen molar-refractivity contribution in [3.8, 4) is 22.3 Å². The van der Waals surface area contributed by atoms with Crippen LogP contribution >= 0.6 is 22.6 Å². The summed E-state index contributed by atoms with van der Waals surface area (Å²) in [4.78, 5) is 0. The second-order valence-corrected chi connectivity index (χ2v) is 11.1. The van der Waals surface area contributed by atoms with Crippen LogP contribution in [0.1, 0.15) is 43.0 Å². The molecule has 3 aromatic rings. The van der Waals surface area contributed by atoms with Crippen molar-refractivity contribution < 1.29 is 0 Å². The highest BCUT2D eigenvalue weighted by Crippen LogP contribution is 2.49. The Morgan fingerprint density at radius 3 is 2.33 bits per heavy atom. The normalized spacial score (nSPS) is 21.5. The molecule has 0 saturated carbocycles. The van der Waals surface area contributed by atoms with Gasteiger partial charge < -0.3 is 0 Å². The number of hydrogen-bond acceptors (Lipinski definition) is 0. The minimum absolute atomic E-state index is 0.0546. The van der Waals surface area contributed by atoms with Crippen LogP contribution in [0.25, 0.3) is 28.3 Å². The number of hydrogen-bond donors (Lipinski definition) is 0. The first kappa shape index (κ1) is 17.2. The zero-order chi connectivity index (χ0) is 18.8. The third-order valence-electron chi connectivity index (χ3n) is 6.21. The van der Waals surface area contributed by atoms with Crippen LogP contribution in [0, 0.1) is 0 Å². The number of rotatable bonds is 1. The van der Waals surface area contributed by atoms with Crippen LogP contribution in [-0.2, 0) is 11.8 Å². The minimum Gasteiger partial charge on any atom is -0.0742 e. The fourth-order valence-electron chi connectivity index (χ4n) is 4.67. The van der Waals surface area contributed by atoms with Gasteiger partial charge in [0.2, 0.25) is 0 Å². The number of alkyl halides is 1. The van der Waals surface area contributed by atoms with Crippen LogP contribution in [0.4, 0.5) is 0 Å². The van der Waals surface area contributed by atoms with Gasteiger partial charge in [-0.15, -0.1) is 0 Å². The molecule has 3 aromatic carbocycles. The molecule has 27 heavy (non-hydrogen) atoms. The average Bonchev–Trinajstić information content (AvgIpc) is 2.88. The van der Waals surface area contributed by atoms with Crippen molar-refractivity contribution in [2.75, 3.05) is 0 Å². The SMILES string of the molecule is CC1(I)C=Cc2cc(-c3ccc4c(c3)C(C)(C)c3ccccc3-4)ccc2C1. The molecule has 0 bridgehead atoms. The molecular weight excluding hydrogens is 439 g/mol. The van der Waals surface area contributed by atoms with E-state index in [1.807, 2.05) is 0 Å². The summed E-state index contributed by atoms with van der Waals surface area (Å²) < 4.78 is 0.232. The Morgan fingerprint density at radius 2 is 1.48 bits per heavy atom. The molecule has 0 fully saturated rings. The molecule has 0 heterocycles. The monoisotopic (exact) mass is 462 g/mol. The fourth-order valence-corrected chi connectivity index (χ4v) is 5.26. The molecule has 2 aliphatic carbocycles. The zero-order valence-corrected chi connectivity index (χ0v) is 18.2. The number of halogens is 1. The van der Waals surface area contributed by atoms with E-state index in [9.17, 15) is 0 Å². The van der Waals surface area contributed by atoms with Gasteiger partial charge in [-0.2, -0.15) is 0 Å². The zero-order valence-electron chi connectivity index (χ0n) is 16.0. The Labute approximate surface area is 175 Å². The molecule has 5 rings (SSSR count). The Balaban J connectivity index is 1.61. The van der Waals surface area contributed by atoms with E-state index in [1.54, 1.807) is 0 Å². The van der Waals surface area contributed by atoms with Gasteiger partial charge in [-0.05, 0) is 70.0 Å². The van der Waals surface area contributed by atoms with Crippen LogP contribution in [-0.4, -0.2) is 3.42 Å². The highest BCUT2D eigenvalue weighted by atomic mass is 127. The largest absolute Gasteiger partial charge is 0.0742 e. The predicted octanol–water partition coefficient (Wildman–Crippen LogP) is 7.42. The van der Waals surface area contributed by atoms with Gasteiger partial charge in [-0.25, -0.2) is 0 Å². The molecule has 0 amide bonds. The van der Waals surface area contributed by atoms with E-state index in [0.717, 1.165) is 6.42 Å². The summed E-state index contributed by atoms with van der Waals surface area (Å²) in [5, 5.41) is 0. The van der Waals surface area contributed by atoms with E-state index < -0.39 is 0 Å². The minimum atomic E-state index is 0.0546. The third-order valence-corrected chi connectivity index (χ3v) is 6.95. The van der Waals surface area contributed by atoms with Crippen molar-refractivity contribution >= 4 is 28.7 Å². The molecule has 2 aliphatic rings. The summed E-state index contributed by atoms with van der Waals surface area (Å²) in [7, 11) is 0. The summed E-state index contributed by atoms with van der Waals surface area (Å²) in [5.41, 5.74) is 11.1. The summed E-state index contributed by atoms with van der Waals surface area (Å²) in [6.45, 7) is 6.98. The van der Waals surface area contributed by atoms with Gasteiger partial charge in [-0.1, -0.05) is 97.1 Å². The Morgan fingerprint density at radius 1 is 0.778 bits per heavy atom. The Hall–Kier alpha value is -1.87. The van der Waals surface area contributed by atoms with E-state index in [4.69, 9.17) is 0 Å². The lowest BCUT2D eigenvalue weighted by molar-refractivity contribution is 0.660. The second-order valence-electron chi connectivity index (χ2n) is 8.63. The van der Waals surface area contributed by atoms with E-state index in [2.05, 4.69) is 116 Å². The highest BCUT2D eigenvalue weighted by Gasteiger charge is 2.35. The van der Waals surface area contributed by atoms with E-state index in [1.165, 1.54) is 44.5 Å². The van der Waals surface area contributed by atoms with Gasteiger partial charge in [0.15, 0.2) is 0 Å². The molecule has 0 nitrogen and oxygen atoms in total. The molecule has 0 spiro atoms. The molecule has 1 atom stereocenters. The summed E-state index contributed by atoms with van der Waals surface area (Å²) in [5.74, 6) is 0. The van der Waals surface area contributed by atoms with E-state index >= 15 is 0 Å². The lowest BCUT2D eigenvalue weighted by Gasteiger charge is -2.25. The smallest absolute Gasteiger partial charge is 0.0416 e. The van der Waals surface area contributed by atoms with Gasteiger partial charge in [0, 0.05) is 8.84 Å². The molecule has 0 N–H and O–H groups in total. The first-order valence-electron chi connectivity index (χ1n) is 9.61. The number of benzene rings is 3. The van der Waals surface area contributed by atoms with Crippen molar-refractivity contribution in [2.45, 2.75) is 36.0 Å². The third kappa shape index (κ3) is 2.70. The maximum absolute atomic E-state index is 2.55. The first-order chi connectivity index (χ1) is 12.9. The summed E-state index contributed by atoms with van der Waals surface area (Å²) >= 11 is 2.55. The molecule has 1 heteroatoms. The Bertz CT molecular complexity index is 1100. The molecule has 1 unspecified atom stereocenters. The van der Waals surface area contributed by atoms with Crippen LogP contribution in [0.5, 0.6) is 0 Å². The van der Waals surface area contributed by atoms with Crippen LogP contribution in [0.3, 0.4) is 0 Å². The van der Waals surface area contributed by atoms with Crippen molar-refractivity contribution in [1.82, 2.24) is 0 Å². The predicted molar refractivity (Wildman–Crippen MR) is 125 cm³/mol. The van der Waals surface area contributed by atoms with Crippen LogP contribution in [0.15, 0.2) is 66.7 Å². The lowest BCUT2D eigenvalue weighted by atomic mass is 9.81. The van der Waals surface area contributed by atoms with E-state index in [0.29, 0.717) is 0 Å². The highest BCUT2D eigenvalue weighted by molar-refractivity contribution is 14.1. The van der Waals surface area contributed by atoms with Crippen LogP contribution < -0.4 is 0 Å². The molecule has 134 valence electrons. The van der Waals surface area contributed by atoms with Gasteiger partial charge in [0.1, 0.15) is 0 Å². The molecule has 0 radical (unpaired) electrons. The van der Waals surface area contributed by atoms with Gasteiger partial charge in [0.25, 0.3) is 0 Å². The van der Waals surface area contributed by atoms with Crippen molar-refractivity contribution in [3.05, 3.63) is 89.0 Å². The first-order valence-corrected chi connectivity index (χ1v) is 10.7. The molecule has 0 aliphatic heterocycles. The topological polar surface area (TPSA) is 0 Å². The molecule has 0 saturated heterocycles. The van der Waals surface area contributed by atoms with Crippen molar-refractivity contribution in [2.24, 2.45) is 0 Å². The quantitative estimate of drug-likeness (QED) is 0.261. The van der Waals surface area contributed by atoms with Gasteiger partial charge in [-0.3, -0.25) is 0 Å². The van der Waals surface area contributed by atoms with Gasteiger partial charge in [0.05, 0.1) is 0 Å². The number of fused-ring (bicyclic) bond motifs is 4. The maximum atomic E-state index is 2.55. The van der Waals surface area contributed by atoms with Crippen molar-refractivity contribution in [1.29, 1.82) is 0 Å². The number of allylic oxidation sites excluding steroid dienone is 1. The molecular formula is C26H23I. The maximum Gasteiger partial charge on any atom is 0.0416 e. The fraction of sp³-hybridized carbons (Fsp3) is 0.231. The lowest BCUT2D eigenvalue weighted by Crippen LogP contribution is -2.19. The Kier molecular flexibility index (Phi) is 3.71. The molecule has 0 aromatic heterocycles. The average molecular weight is 462 g/mol. The van der Waals surface area contributed by atoms with Crippen molar-refractivity contribution in [3.63, 3.8) is 0 Å². The standard InChI is InChI=1S/C26H23I/c1-25(2)23-7-5-4-6-21(23)22-11-10-18(15-24(22)25)17-8-9-20-16-26(3,27)13-12-19(20)14-17/h4-15H,16H2,1-3H3. The second kappa shape index (κ2) is 5.81. The summed E-state index contributed by atoms with van der Waals surface area (Å²) in [6.07, 6.45) is 5.73. The summed E-state index contributed by atoms with van der Waals surface area (Å²) in [6, 6.07) is 22.8.